The van der Waals surface area contributed by atoms with E-state index in [9.17, 15) is 13.2 Å². The van der Waals surface area contributed by atoms with E-state index in [-0.39, 0.29) is 4.90 Å². The standard InChI is InChI=1S/C21H27N7O4S/c1-15-13-19(26-7-5-25(2)6-8-26)24-20(22-15)27-9-11-28(12-10-27)33(30,31)16-3-4-18-17(14-16)23-21(29)32-18/h3-4,13-14H,5-12H2,1-2H3,(H,23,29). The van der Waals surface area contributed by atoms with Crippen LogP contribution in [0.1, 0.15) is 5.69 Å². The molecule has 5 rings (SSSR count). The van der Waals surface area contributed by atoms with Crippen LogP contribution in [0.2, 0.25) is 0 Å². The van der Waals surface area contributed by atoms with E-state index in [4.69, 9.17) is 9.40 Å². The van der Waals surface area contributed by atoms with Gasteiger partial charge in [-0.05, 0) is 32.2 Å². The van der Waals surface area contributed by atoms with E-state index < -0.39 is 15.8 Å². The summed E-state index contributed by atoms with van der Waals surface area (Å²) in [4.78, 5) is 30.0. The van der Waals surface area contributed by atoms with Crippen molar-refractivity contribution >= 4 is 32.9 Å². The maximum absolute atomic E-state index is 13.2. The molecule has 1 N–H and O–H groups in total. The number of aromatic nitrogens is 3. The Balaban J connectivity index is 1.30. The van der Waals surface area contributed by atoms with Gasteiger partial charge < -0.3 is 19.1 Å². The Morgan fingerprint density at radius 3 is 2.36 bits per heavy atom. The van der Waals surface area contributed by atoms with Crippen molar-refractivity contribution in [2.75, 3.05) is 69.2 Å². The number of oxazole rings is 1. The normalized spacial score (nSPS) is 18.8. The van der Waals surface area contributed by atoms with Crippen LogP contribution in [-0.4, -0.2) is 92.0 Å². The Hall–Kier alpha value is -2.96. The van der Waals surface area contributed by atoms with Crippen LogP contribution >= 0.6 is 0 Å². The largest absolute Gasteiger partial charge is 0.417 e. The van der Waals surface area contributed by atoms with E-state index in [2.05, 4.69) is 26.8 Å². The maximum atomic E-state index is 13.2. The van der Waals surface area contributed by atoms with Gasteiger partial charge in [0.15, 0.2) is 5.58 Å². The van der Waals surface area contributed by atoms with E-state index in [1.807, 2.05) is 17.9 Å². The minimum atomic E-state index is -3.70. The van der Waals surface area contributed by atoms with Crippen molar-refractivity contribution in [1.29, 1.82) is 0 Å². The lowest BCUT2D eigenvalue weighted by Crippen LogP contribution is -2.49. The summed E-state index contributed by atoms with van der Waals surface area (Å²) in [5.41, 5.74) is 1.59. The molecule has 0 aliphatic carbocycles. The molecule has 0 bridgehead atoms. The summed E-state index contributed by atoms with van der Waals surface area (Å²) < 4.78 is 32.8. The first-order chi connectivity index (χ1) is 15.8. The molecule has 2 fully saturated rings. The fourth-order valence-electron chi connectivity index (χ4n) is 4.24. The predicted molar refractivity (Wildman–Crippen MR) is 124 cm³/mol. The van der Waals surface area contributed by atoms with Gasteiger partial charge in [-0.25, -0.2) is 18.2 Å². The fraction of sp³-hybridized carbons (Fsp3) is 0.476. The Morgan fingerprint density at radius 2 is 1.64 bits per heavy atom. The van der Waals surface area contributed by atoms with Gasteiger partial charge in [-0.15, -0.1) is 0 Å². The topological polar surface area (TPSA) is 119 Å². The number of likely N-dealkylation sites (N-methyl/N-ethyl adjacent to an activating group) is 1. The molecule has 2 aromatic heterocycles. The van der Waals surface area contributed by atoms with Gasteiger partial charge in [-0.1, -0.05) is 0 Å². The van der Waals surface area contributed by atoms with Crippen molar-refractivity contribution in [3.05, 3.63) is 40.5 Å². The van der Waals surface area contributed by atoms with Crippen LogP contribution in [0.4, 0.5) is 11.8 Å². The fourth-order valence-corrected chi connectivity index (χ4v) is 5.69. The maximum Gasteiger partial charge on any atom is 0.417 e. The monoisotopic (exact) mass is 473 g/mol. The summed E-state index contributed by atoms with van der Waals surface area (Å²) in [6.07, 6.45) is 0. The van der Waals surface area contributed by atoms with Crippen molar-refractivity contribution in [3.63, 3.8) is 0 Å². The molecule has 0 radical (unpaired) electrons. The lowest BCUT2D eigenvalue weighted by atomic mass is 10.3. The second-order valence-electron chi connectivity index (χ2n) is 8.52. The van der Waals surface area contributed by atoms with Gasteiger partial charge >= 0.3 is 5.76 Å². The quantitative estimate of drug-likeness (QED) is 0.577. The Kier molecular flexibility index (Phi) is 5.59. The lowest BCUT2D eigenvalue weighted by Gasteiger charge is -2.36. The highest BCUT2D eigenvalue weighted by molar-refractivity contribution is 7.89. The molecule has 0 atom stereocenters. The van der Waals surface area contributed by atoms with Gasteiger partial charge in [0.05, 0.1) is 10.4 Å². The number of nitrogens with zero attached hydrogens (tertiary/aromatic N) is 6. The van der Waals surface area contributed by atoms with E-state index >= 15 is 0 Å². The first-order valence-corrected chi connectivity index (χ1v) is 12.4. The second-order valence-corrected chi connectivity index (χ2v) is 10.5. The summed E-state index contributed by atoms with van der Waals surface area (Å²) in [6.45, 7) is 7.43. The minimum absolute atomic E-state index is 0.129. The predicted octanol–water partition coefficient (Wildman–Crippen LogP) is 0.482. The number of aryl methyl sites for hydroxylation is 1. The van der Waals surface area contributed by atoms with Crippen LogP contribution in [0, 0.1) is 6.92 Å². The highest BCUT2D eigenvalue weighted by Gasteiger charge is 2.30. The molecule has 3 aromatic rings. The van der Waals surface area contributed by atoms with E-state index in [1.165, 1.54) is 22.5 Å². The smallest absolute Gasteiger partial charge is 0.408 e. The lowest BCUT2D eigenvalue weighted by molar-refractivity contribution is 0.312. The van der Waals surface area contributed by atoms with Crippen molar-refractivity contribution in [3.8, 4) is 0 Å². The molecule has 176 valence electrons. The summed E-state index contributed by atoms with van der Waals surface area (Å²) in [6, 6.07) is 6.41. The highest BCUT2D eigenvalue weighted by atomic mass is 32.2. The Labute approximate surface area is 191 Å². The molecule has 2 aliphatic rings. The number of H-pyrrole nitrogens is 1. The second kappa shape index (κ2) is 8.43. The molecule has 4 heterocycles. The third kappa shape index (κ3) is 4.33. The third-order valence-corrected chi connectivity index (χ3v) is 8.10. The number of benzene rings is 1. The van der Waals surface area contributed by atoms with Crippen molar-refractivity contribution in [1.82, 2.24) is 24.2 Å². The highest BCUT2D eigenvalue weighted by Crippen LogP contribution is 2.24. The third-order valence-electron chi connectivity index (χ3n) is 6.21. The molecule has 2 aliphatic heterocycles. The molecule has 0 saturated carbocycles. The molecule has 2 saturated heterocycles. The van der Waals surface area contributed by atoms with Crippen LogP contribution in [0.15, 0.2) is 38.4 Å². The number of piperazine rings is 2. The molecule has 0 unspecified atom stereocenters. The average Bonchev–Trinajstić information content (AvgIpc) is 3.18. The van der Waals surface area contributed by atoms with E-state index in [1.54, 1.807) is 0 Å². The first-order valence-electron chi connectivity index (χ1n) is 11.0. The van der Waals surface area contributed by atoms with E-state index in [0.717, 1.165) is 37.7 Å². The zero-order chi connectivity index (χ0) is 23.2. The summed E-state index contributed by atoms with van der Waals surface area (Å²) in [5.74, 6) is 0.948. The van der Waals surface area contributed by atoms with Crippen molar-refractivity contribution < 1.29 is 12.8 Å². The Morgan fingerprint density at radius 1 is 0.939 bits per heavy atom. The number of hydrogen-bond donors (Lipinski definition) is 1. The van der Waals surface area contributed by atoms with Crippen molar-refractivity contribution in [2.24, 2.45) is 0 Å². The first kappa shape index (κ1) is 21.9. The van der Waals surface area contributed by atoms with E-state index in [0.29, 0.717) is 43.2 Å². The molecule has 11 nitrogen and oxygen atoms in total. The number of anilines is 2. The van der Waals surface area contributed by atoms with Crippen molar-refractivity contribution in [2.45, 2.75) is 11.8 Å². The number of sulfonamides is 1. The SMILES string of the molecule is Cc1cc(N2CCN(C)CC2)nc(N2CCN(S(=O)(=O)c3ccc4oc(=O)[nH]c4c3)CC2)n1. The van der Waals surface area contributed by atoms with Gasteiger partial charge in [-0.2, -0.15) is 9.29 Å². The molecule has 12 heteroatoms. The van der Waals surface area contributed by atoms with Crippen LogP contribution < -0.4 is 15.6 Å². The van der Waals surface area contributed by atoms with Gasteiger partial charge in [0.25, 0.3) is 0 Å². The van der Waals surface area contributed by atoms with Crippen LogP contribution in [-0.2, 0) is 10.0 Å². The van der Waals surface area contributed by atoms with Gasteiger partial charge in [-0.3, -0.25) is 4.98 Å². The van der Waals surface area contributed by atoms with Crippen LogP contribution in [0.3, 0.4) is 0 Å². The minimum Gasteiger partial charge on any atom is -0.408 e. The van der Waals surface area contributed by atoms with Crippen LogP contribution in [0.25, 0.3) is 11.1 Å². The zero-order valence-corrected chi connectivity index (χ0v) is 19.5. The molecule has 33 heavy (non-hydrogen) atoms. The van der Waals surface area contributed by atoms with Gasteiger partial charge in [0, 0.05) is 64.1 Å². The molecule has 1 aromatic carbocycles. The molecular weight excluding hydrogens is 446 g/mol. The zero-order valence-electron chi connectivity index (χ0n) is 18.7. The van der Waals surface area contributed by atoms with Gasteiger partial charge in [0.1, 0.15) is 5.82 Å². The molecule has 0 spiro atoms. The number of nitrogens with one attached hydrogen (secondary N) is 1. The summed E-state index contributed by atoms with van der Waals surface area (Å²) >= 11 is 0. The Bertz CT molecular complexity index is 1320. The average molecular weight is 474 g/mol. The molecule has 0 amide bonds. The van der Waals surface area contributed by atoms with Gasteiger partial charge in [0.2, 0.25) is 16.0 Å². The number of fused-ring (bicyclic) bond motifs is 1. The van der Waals surface area contributed by atoms with Crippen LogP contribution in [0.5, 0.6) is 0 Å². The molecular formula is C21H27N7O4S. The summed E-state index contributed by atoms with van der Waals surface area (Å²) in [7, 11) is -1.58. The number of rotatable bonds is 4. The number of hydrogen-bond acceptors (Lipinski definition) is 9. The summed E-state index contributed by atoms with van der Waals surface area (Å²) in [5, 5.41) is 0. The number of aromatic amines is 1.